The molecular weight excluding hydrogens is 170 g/mol. The molecule has 0 heterocycles. The Hall–Kier alpha value is -0.530. The van der Waals surface area contributed by atoms with Gasteiger partial charge in [-0.3, -0.25) is 0 Å². The van der Waals surface area contributed by atoms with Crippen LogP contribution in [0.15, 0.2) is 24.3 Å². The molecule has 0 spiro atoms. The Morgan fingerprint density at radius 2 is 2.00 bits per heavy atom. The Balaban J connectivity index is 2.88. The van der Waals surface area contributed by atoms with Crippen molar-refractivity contribution in [2.24, 2.45) is 11.7 Å². The van der Waals surface area contributed by atoms with E-state index in [1.54, 1.807) is 0 Å². The first-order chi connectivity index (χ1) is 5.61. The minimum atomic E-state index is 0.0868. The molecule has 1 atom stereocenters. The van der Waals surface area contributed by atoms with E-state index in [2.05, 4.69) is 13.8 Å². The zero-order valence-electron chi connectivity index (χ0n) is 7.42. The normalized spacial score (nSPS) is 13.4. The summed E-state index contributed by atoms with van der Waals surface area (Å²) in [6.07, 6.45) is 0. The summed E-state index contributed by atoms with van der Waals surface area (Å²) in [4.78, 5) is 0. The van der Waals surface area contributed by atoms with E-state index in [0.717, 1.165) is 10.6 Å². The first-order valence-electron chi connectivity index (χ1n) is 4.12. The zero-order chi connectivity index (χ0) is 9.14. The van der Waals surface area contributed by atoms with Crippen LogP contribution in [0.2, 0.25) is 5.02 Å². The van der Waals surface area contributed by atoms with Crippen LogP contribution in [0.5, 0.6) is 0 Å². The van der Waals surface area contributed by atoms with E-state index < -0.39 is 0 Å². The van der Waals surface area contributed by atoms with Crippen molar-refractivity contribution in [2.75, 3.05) is 0 Å². The lowest BCUT2D eigenvalue weighted by Crippen LogP contribution is -2.16. The maximum absolute atomic E-state index is 5.95. The summed E-state index contributed by atoms with van der Waals surface area (Å²) in [5.41, 5.74) is 7.06. The number of hydrogen-bond acceptors (Lipinski definition) is 1. The average Bonchev–Trinajstić information content (AvgIpc) is 2.03. The number of hydrogen-bond donors (Lipinski definition) is 1. The first kappa shape index (κ1) is 9.56. The fourth-order valence-corrected chi connectivity index (χ4v) is 1.30. The number of nitrogens with two attached hydrogens (primary N) is 1. The van der Waals surface area contributed by atoms with Crippen LogP contribution >= 0.6 is 11.6 Å². The van der Waals surface area contributed by atoms with E-state index in [4.69, 9.17) is 17.3 Å². The van der Waals surface area contributed by atoms with Gasteiger partial charge < -0.3 is 5.73 Å². The van der Waals surface area contributed by atoms with Crippen molar-refractivity contribution in [1.29, 1.82) is 0 Å². The van der Waals surface area contributed by atoms with Gasteiger partial charge in [0.15, 0.2) is 0 Å². The van der Waals surface area contributed by atoms with Crippen LogP contribution in [0.1, 0.15) is 25.5 Å². The van der Waals surface area contributed by atoms with E-state index in [1.165, 1.54) is 0 Å². The molecule has 1 nitrogen and oxygen atoms in total. The predicted octanol–water partition coefficient (Wildman–Crippen LogP) is 3.00. The third kappa shape index (κ3) is 2.23. The molecule has 0 aliphatic heterocycles. The van der Waals surface area contributed by atoms with Gasteiger partial charge in [-0.05, 0) is 23.6 Å². The second-order valence-corrected chi connectivity index (χ2v) is 3.76. The lowest BCUT2D eigenvalue weighted by Gasteiger charge is -2.15. The molecule has 0 aromatic heterocycles. The van der Waals surface area contributed by atoms with E-state index in [1.807, 2.05) is 24.3 Å². The molecule has 1 aromatic carbocycles. The largest absolute Gasteiger partial charge is 0.324 e. The Labute approximate surface area is 78.5 Å². The zero-order valence-corrected chi connectivity index (χ0v) is 8.18. The lowest BCUT2D eigenvalue weighted by molar-refractivity contribution is 0.514. The fourth-order valence-electron chi connectivity index (χ4n) is 1.10. The van der Waals surface area contributed by atoms with Crippen LogP contribution < -0.4 is 5.73 Å². The molecule has 2 N–H and O–H groups in total. The molecule has 12 heavy (non-hydrogen) atoms. The van der Waals surface area contributed by atoms with E-state index in [-0.39, 0.29) is 6.04 Å². The van der Waals surface area contributed by atoms with Gasteiger partial charge in [-0.2, -0.15) is 0 Å². The van der Waals surface area contributed by atoms with Crippen molar-refractivity contribution in [2.45, 2.75) is 19.9 Å². The molecule has 0 bridgehead atoms. The van der Waals surface area contributed by atoms with E-state index in [0.29, 0.717) is 5.92 Å². The van der Waals surface area contributed by atoms with Gasteiger partial charge in [-0.25, -0.2) is 0 Å². The van der Waals surface area contributed by atoms with Crippen LogP contribution in [0.4, 0.5) is 0 Å². The van der Waals surface area contributed by atoms with Gasteiger partial charge >= 0.3 is 0 Å². The topological polar surface area (TPSA) is 26.0 Å². The molecule has 66 valence electrons. The summed E-state index contributed by atoms with van der Waals surface area (Å²) < 4.78 is 0. The second kappa shape index (κ2) is 3.92. The molecule has 2 heteroatoms. The third-order valence-corrected chi connectivity index (χ3v) is 2.19. The second-order valence-electron chi connectivity index (χ2n) is 3.32. The maximum atomic E-state index is 5.95. The highest BCUT2D eigenvalue weighted by Crippen LogP contribution is 2.21. The molecular formula is C10H14ClN. The summed E-state index contributed by atoms with van der Waals surface area (Å²) >= 11 is 5.84. The Morgan fingerprint density at radius 3 is 2.50 bits per heavy atom. The molecule has 0 fully saturated rings. The Kier molecular flexibility index (Phi) is 3.12. The Bertz CT molecular complexity index is 258. The van der Waals surface area contributed by atoms with Crippen molar-refractivity contribution in [3.63, 3.8) is 0 Å². The summed E-state index contributed by atoms with van der Waals surface area (Å²) in [5, 5.41) is 0.753. The summed E-state index contributed by atoms with van der Waals surface area (Å²) in [6, 6.07) is 7.81. The Morgan fingerprint density at radius 1 is 1.33 bits per heavy atom. The highest BCUT2D eigenvalue weighted by atomic mass is 35.5. The average molecular weight is 184 g/mol. The van der Waals surface area contributed by atoms with Crippen molar-refractivity contribution in [3.8, 4) is 0 Å². The van der Waals surface area contributed by atoms with Gasteiger partial charge in [0.05, 0.1) is 0 Å². The molecule has 0 saturated carbocycles. The standard InChI is InChI=1S/C10H14ClN/c1-7(2)10(12)8-4-3-5-9(11)6-8/h3-7,10H,12H2,1-2H3/t10-/m0/s1. The first-order valence-corrected chi connectivity index (χ1v) is 4.50. The molecule has 0 unspecified atom stereocenters. The molecule has 0 aliphatic rings. The van der Waals surface area contributed by atoms with Crippen molar-refractivity contribution >= 4 is 11.6 Å². The quantitative estimate of drug-likeness (QED) is 0.750. The molecule has 0 radical (unpaired) electrons. The number of benzene rings is 1. The predicted molar refractivity (Wildman–Crippen MR) is 53.2 cm³/mol. The summed E-state index contributed by atoms with van der Waals surface area (Å²) in [7, 11) is 0. The monoisotopic (exact) mass is 183 g/mol. The maximum Gasteiger partial charge on any atom is 0.0409 e. The van der Waals surface area contributed by atoms with Gasteiger partial charge in [0.1, 0.15) is 0 Å². The summed E-state index contributed by atoms with van der Waals surface area (Å²) in [6.45, 7) is 4.21. The van der Waals surface area contributed by atoms with E-state index >= 15 is 0 Å². The van der Waals surface area contributed by atoms with Crippen LogP contribution in [0.3, 0.4) is 0 Å². The fraction of sp³-hybridized carbons (Fsp3) is 0.400. The van der Waals surface area contributed by atoms with Gasteiger partial charge in [-0.15, -0.1) is 0 Å². The van der Waals surface area contributed by atoms with Crippen molar-refractivity contribution in [1.82, 2.24) is 0 Å². The minimum Gasteiger partial charge on any atom is -0.324 e. The van der Waals surface area contributed by atoms with Crippen LogP contribution in [-0.4, -0.2) is 0 Å². The van der Waals surface area contributed by atoms with Gasteiger partial charge in [0, 0.05) is 11.1 Å². The van der Waals surface area contributed by atoms with E-state index in [9.17, 15) is 0 Å². The third-order valence-electron chi connectivity index (χ3n) is 1.95. The van der Waals surface area contributed by atoms with Crippen molar-refractivity contribution < 1.29 is 0 Å². The van der Waals surface area contributed by atoms with Crippen LogP contribution in [-0.2, 0) is 0 Å². The van der Waals surface area contributed by atoms with Gasteiger partial charge in [0.2, 0.25) is 0 Å². The van der Waals surface area contributed by atoms with Crippen LogP contribution in [0, 0.1) is 5.92 Å². The molecule has 0 saturated heterocycles. The smallest absolute Gasteiger partial charge is 0.0409 e. The molecule has 0 aliphatic carbocycles. The van der Waals surface area contributed by atoms with Crippen molar-refractivity contribution in [3.05, 3.63) is 34.9 Å². The summed E-state index contributed by atoms with van der Waals surface area (Å²) in [5.74, 6) is 0.448. The molecule has 0 amide bonds. The minimum absolute atomic E-state index is 0.0868. The molecule has 1 rings (SSSR count). The number of rotatable bonds is 2. The van der Waals surface area contributed by atoms with Gasteiger partial charge in [-0.1, -0.05) is 37.6 Å². The van der Waals surface area contributed by atoms with Crippen LogP contribution in [0.25, 0.3) is 0 Å². The highest BCUT2D eigenvalue weighted by Gasteiger charge is 2.09. The number of halogens is 1. The SMILES string of the molecule is CC(C)[C@H](N)c1cccc(Cl)c1. The highest BCUT2D eigenvalue weighted by molar-refractivity contribution is 6.30. The molecule has 1 aromatic rings. The lowest BCUT2D eigenvalue weighted by atomic mass is 9.97. The van der Waals surface area contributed by atoms with Gasteiger partial charge in [0.25, 0.3) is 0 Å².